The van der Waals surface area contributed by atoms with Gasteiger partial charge in [0.1, 0.15) is 13.1 Å². The van der Waals surface area contributed by atoms with Crippen molar-refractivity contribution < 1.29 is 19.2 Å². The highest BCUT2D eigenvalue weighted by atomic mass is 32.2. The molecule has 124 valence electrons. The number of anilines is 1. The first-order valence-electron chi connectivity index (χ1n) is 7.21. The lowest BCUT2D eigenvalue weighted by Crippen LogP contribution is -2.42. The molecule has 0 saturated carbocycles. The van der Waals surface area contributed by atoms with Crippen LogP contribution in [0.4, 0.5) is 10.5 Å². The van der Waals surface area contributed by atoms with Crippen molar-refractivity contribution in [2.24, 2.45) is 4.99 Å². The monoisotopic (exact) mass is 346 g/mol. The van der Waals surface area contributed by atoms with Gasteiger partial charge in [0.05, 0.1) is 5.25 Å². The van der Waals surface area contributed by atoms with Crippen LogP contribution in [0.2, 0.25) is 0 Å². The molecule has 0 aliphatic carbocycles. The first kappa shape index (κ1) is 16.2. The minimum absolute atomic E-state index is 0.110. The van der Waals surface area contributed by atoms with Crippen LogP contribution in [-0.4, -0.2) is 52.2 Å². The molecule has 1 aromatic rings. The number of carbonyl (C=O) groups is 4. The summed E-state index contributed by atoms with van der Waals surface area (Å²) in [4.78, 5) is 53.6. The third-order valence-electron chi connectivity index (χ3n) is 3.52. The average Bonchev–Trinajstić information content (AvgIpc) is 3.01. The average molecular weight is 346 g/mol. The fourth-order valence-corrected chi connectivity index (χ4v) is 3.10. The van der Waals surface area contributed by atoms with Crippen LogP contribution in [0.25, 0.3) is 0 Å². The summed E-state index contributed by atoms with van der Waals surface area (Å²) in [6, 6.07) is 8.20. The molecule has 2 aliphatic rings. The zero-order valence-electron chi connectivity index (χ0n) is 12.8. The summed E-state index contributed by atoms with van der Waals surface area (Å²) in [6.07, 6.45) is 0. The van der Waals surface area contributed by atoms with Gasteiger partial charge in [-0.2, -0.15) is 4.99 Å². The molecule has 0 spiro atoms. The number of carbonyl (C=O) groups excluding carboxylic acids is 4. The zero-order chi connectivity index (χ0) is 17.3. The van der Waals surface area contributed by atoms with Crippen LogP contribution in [-0.2, 0) is 14.4 Å². The Bertz CT molecular complexity index is 749. The Kier molecular flexibility index (Phi) is 4.34. The molecule has 2 heterocycles. The summed E-state index contributed by atoms with van der Waals surface area (Å²) in [5.74, 6) is -1.34. The normalized spacial score (nSPS) is 20.6. The minimum Gasteiger partial charge on any atom is -0.303 e. The van der Waals surface area contributed by atoms with E-state index >= 15 is 0 Å². The molecule has 1 saturated heterocycles. The Morgan fingerprint density at radius 1 is 1.29 bits per heavy atom. The molecule has 0 bridgehead atoms. The van der Waals surface area contributed by atoms with Gasteiger partial charge in [0, 0.05) is 5.69 Å². The summed E-state index contributed by atoms with van der Waals surface area (Å²) in [7, 11) is 0. The lowest BCUT2D eigenvalue weighted by atomic mass is 10.3. The third-order valence-corrected chi connectivity index (χ3v) is 4.49. The maximum atomic E-state index is 12.4. The Labute approximate surface area is 141 Å². The van der Waals surface area contributed by atoms with Crippen molar-refractivity contribution in [2.45, 2.75) is 12.2 Å². The smallest absolute Gasteiger partial charge is 0.303 e. The van der Waals surface area contributed by atoms with E-state index in [0.29, 0.717) is 5.69 Å². The fraction of sp³-hybridized carbons (Fsp3) is 0.267. The molecule has 24 heavy (non-hydrogen) atoms. The highest BCUT2D eigenvalue weighted by molar-refractivity contribution is 8.15. The second-order valence-electron chi connectivity index (χ2n) is 5.25. The van der Waals surface area contributed by atoms with Crippen LogP contribution < -0.4 is 10.2 Å². The Morgan fingerprint density at radius 2 is 2.00 bits per heavy atom. The van der Waals surface area contributed by atoms with E-state index < -0.39 is 24.4 Å². The predicted octanol–water partition coefficient (Wildman–Crippen LogP) is 0.589. The number of amidine groups is 1. The van der Waals surface area contributed by atoms with E-state index in [0.717, 1.165) is 16.7 Å². The number of nitrogens with zero attached hydrogens (tertiary/aromatic N) is 3. The second kappa shape index (κ2) is 6.44. The largest absolute Gasteiger partial charge is 0.332 e. The summed E-state index contributed by atoms with van der Waals surface area (Å²) in [5.41, 5.74) is 0.592. The molecular formula is C15H14N4O4S. The maximum absolute atomic E-state index is 12.4. The highest BCUT2D eigenvalue weighted by Gasteiger charge is 2.38. The van der Waals surface area contributed by atoms with Crippen molar-refractivity contribution in [1.82, 2.24) is 10.2 Å². The number of hydrogen-bond donors (Lipinski definition) is 1. The van der Waals surface area contributed by atoms with Gasteiger partial charge in [-0.25, -0.2) is 4.79 Å². The van der Waals surface area contributed by atoms with Crippen molar-refractivity contribution in [1.29, 1.82) is 0 Å². The standard InChI is InChI=1S/C15H14N4O4S/c1-9-13(22)17-14(24-9)16-11(20)7-19-12(21)8-18(15(19)23)10-5-3-2-4-6-10/h2-6,9H,7-8H2,1H3,(H,16,17,20,22). The quantitative estimate of drug-likeness (QED) is 0.808. The number of aliphatic imine (C=N–C) groups is 1. The van der Waals surface area contributed by atoms with Crippen molar-refractivity contribution in [3.8, 4) is 0 Å². The summed E-state index contributed by atoms with van der Waals surface area (Å²) >= 11 is 1.13. The number of thioether (sulfide) groups is 1. The summed E-state index contributed by atoms with van der Waals surface area (Å²) in [6.45, 7) is 1.16. The third kappa shape index (κ3) is 3.16. The van der Waals surface area contributed by atoms with E-state index in [1.807, 2.05) is 0 Å². The van der Waals surface area contributed by atoms with Gasteiger partial charge >= 0.3 is 6.03 Å². The van der Waals surface area contributed by atoms with Crippen molar-refractivity contribution >= 4 is 46.4 Å². The number of amides is 5. The molecule has 9 heteroatoms. The first-order chi connectivity index (χ1) is 11.5. The van der Waals surface area contributed by atoms with E-state index in [-0.39, 0.29) is 22.9 Å². The number of para-hydroxylation sites is 1. The lowest BCUT2D eigenvalue weighted by molar-refractivity contribution is -0.130. The van der Waals surface area contributed by atoms with Crippen LogP contribution in [0.3, 0.4) is 0 Å². The van der Waals surface area contributed by atoms with Gasteiger partial charge in [0.2, 0.25) is 5.91 Å². The van der Waals surface area contributed by atoms with Crippen LogP contribution >= 0.6 is 11.8 Å². The molecular weight excluding hydrogens is 332 g/mol. The van der Waals surface area contributed by atoms with Crippen LogP contribution in [0, 0.1) is 0 Å². The topological polar surface area (TPSA) is 99.2 Å². The van der Waals surface area contributed by atoms with Crippen molar-refractivity contribution in [3.05, 3.63) is 30.3 Å². The lowest BCUT2D eigenvalue weighted by Gasteiger charge is -2.16. The van der Waals surface area contributed by atoms with Gasteiger partial charge < -0.3 is 5.32 Å². The Hall–Kier alpha value is -2.68. The molecule has 1 atom stereocenters. The van der Waals surface area contributed by atoms with Gasteiger partial charge in [0.15, 0.2) is 5.17 Å². The van der Waals surface area contributed by atoms with Crippen molar-refractivity contribution in [3.63, 3.8) is 0 Å². The Morgan fingerprint density at radius 3 is 2.62 bits per heavy atom. The highest BCUT2D eigenvalue weighted by Crippen LogP contribution is 2.21. The SMILES string of the molecule is CC1SC(NC(=O)CN2C(=O)CN(c3ccccc3)C2=O)=NC1=O. The van der Waals surface area contributed by atoms with Gasteiger partial charge in [-0.15, -0.1) is 0 Å². The van der Waals surface area contributed by atoms with Gasteiger partial charge in [-0.3, -0.25) is 24.2 Å². The predicted molar refractivity (Wildman–Crippen MR) is 88.5 cm³/mol. The van der Waals surface area contributed by atoms with Crippen LogP contribution in [0.5, 0.6) is 0 Å². The van der Waals surface area contributed by atoms with Crippen LogP contribution in [0.1, 0.15) is 6.92 Å². The van der Waals surface area contributed by atoms with E-state index in [2.05, 4.69) is 10.3 Å². The van der Waals surface area contributed by atoms with E-state index in [1.54, 1.807) is 37.3 Å². The molecule has 0 radical (unpaired) electrons. The molecule has 1 fully saturated rings. The molecule has 3 rings (SSSR count). The summed E-state index contributed by atoms with van der Waals surface area (Å²) in [5, 5.41) is 2.30. The number of benzene rings is 1. The molecule has 1 N–H and O–H groups in total. The number of hydrogen-bond acceptors (Lipinski definition) is 5. The molecule has 8 nitrogen and oxygen atoms in total. The number of imide groups is 1. The minimum atomic E-state index is -0.570. The van der Waals surface area contributed by atoms with Crippen molar-refractivity contribution in [2.75, 3.05) is 18.0 Å². The molecule has 1 aromatic carbocycles. The van der Waals surface area contributed by atoms with Gasteiger partial charge in [-0.05, 0) is 19.1 Å². The maximum Gasteiger partial charge on any atom is 0.332 e. The summed E-state index contributed by atoms with van der Waals surface area (Å²) < 4.78 is 0. The molecule has 0 aromatic heterocycles. The first-order valence-corrected chi connectivity index (χ1v) is 8.09. The van der Waals surface area contributed by atoms with E-state index in [9.17, 15) is 19.2 Å². The zero-order valence-corrected chi connectivity index (χ0v) is 13.6. The van der Waals surface area contributed by atoms with Gasteiger partial charge in [0.25, 0.3) is 11.8 Å². The fourth-order valence-electron chi connectivity index (χ4n) is 2.30. The number of rotatable bonds is 3. The molecule has 1 unspecified atom stereocenters. The van der Waals surface area contributed by atoms with E-state index in [4.69, 9.17) is 0 Å². The molecule has 5 amide bonds. The van der Waals surface area contributed by atoms with E-state index in [1.165, 1.54) is 4.90 Å². The Balaban J connectivity index is 1.64. The number of nitrogens with one attached hydrogen (secondary N) is 1. The molecule has 2 aliphatic heterocycles. The van der Waals surface area contributed by atoms with Crippen LogP contribution in [0.15, 0.2) is 35.3 Å². The number of urea groups is 1. The van der Waals surface area contributed by atoms with Gasteiger partial charge in [-0.1, -0.05) is 30.0 Å². The second-order valence-corrected chi connectivity index (χ2v) is 6.58.